The summed E-state index contributed by atoms with van der Waals surface area (Å²) in [5, 5.41) is 0. The zero-order valence-electron chi connectivity index (χ0n) is 7.46. The molecule has 0 saturated heterocycles. The number of hydrogen-bond acceptors (Lipinski definition) is 2. The minimum atomic E-state index is -1.23. The summed E-state index contributed by atoms with van der Waals surface area (Å²) in [5.74, 6) is 0.674. The first-order valence-electron chi connectivity index (χ1n) is 3.68. The highest BCUT2D eigenvalue weighted by Crippen LogP contribution is 2.16. The van der Waals surface area contributed by atoms with Crippen molar-refractivity contribution in [1.29, 1.82) is 0 Å². The summed E-state index contributed by atoms with van der Waals surface area (Å²) in [6.07, 6.45) is 1.51. The Hall–Kier alpha value is -0.830. The van der Waals surface area contributed by atoms with Crippen LogP contribution in [-0.2, 0) is 11.1 Å². The third-order valence-electron chi connectivity index (χ3n) is 1.41. The van der Waals surface area contributed by atoms with Crippen molar-refractivity contribution in [3.63, 3.8) is 0 Å². The Morgan fingerprint density at radius 1 is 1.17 bits per heavy atom. The number of aryl methyl sites for hydroxylation is 2. The molecule has 0 radical (unpaired) electrons. The molecule has 0 bridgehead atoms. The molecule has 0 heterocycles. The average Bonchev–Trinajstić information content (AvgIpc) is 1.81. The van der Waals surface area contributed by atoms with Gasteiger partial charge in [0.1, 0.15) is 5.75 Å². The number of rotatable bonds is 2. The van der Waals surface area contributed by atoms with E-state index in [1.807, 2.05) is 32.0 Å². The molecule has 0 N–H and O–H groups in total. The molecule has 2 nitrogen and oxygen atoms in total. The van der Waals surface area contributed by atoms with Crippen LogP contribution in [0.3, 0.4) is 0 Å². The molecular weight excluding hydrogens is 172 g/mol. The molecule has 1 aromatic rings. The van der Waals surface area contributed by atoms with Gasteiger partial charge in [-0.05, 0) is 37.1 Å². The number of benzene rings is 1. The van der Waals surface area contributed by atoms with Crippen LogP contribution in [-0.4, -0.2) is 10.5 Å². The molecule has 66 valence electrons. The topological polar surface area (TPSA) is 26.3 Å². The van der Waals surface area contributed by atoms with Gasteiger partial charge in [0.2, 0.25) is 11.1 Å². The van der Waals surface area contributed by atoms with Crippen LogP contribution in [0.5, 0.6) is 5.75 Å². The minimum Gasteiger partial charge on any atom is -0.401 e. The standard InChI is InChI=1S/C9H12O2S/c1-7-4-8(2)6-9(5-7)11-12(3)10/h4-6H,1-3H3. The molecule has 0 fully saturated rings. The van der Waals surface area contributed by atoms with Crippen LogP contribution in [0, 0.1) is 13.8 Å². The fourth-order valence-electron chi connectivity index (χ4n) is 1.12. The van der Waals surface area contributed by atoms with Crippen molar-refractivity contribution in [3.05, 3.63) is 29.3 Å². The molecule has 1 unspecified atom stereocenters. The SMILES string of the molecule is Cc1cc(C)cc(OS(C)=O)c1. The Bertz CT molecular complexity index is 287. The molecule has 0 aliphatic carbocycles. The lowest BCUT2D eigenvalue weighted by molar-refractivity contribution is 0.567. The van der Waals surface area contributed by atoms with Crippen molar-refractivity contribution < 1.29 is 8.39 Å². The second-order valence-corrected chi connectivity index (χ2v) is 3.78. The molecule has 0 aliphatic heterocycles. The van der Waals surface area contributed by atoms with Crippen LogP contribution in [0.1, 0.15) is 11.1 Å². The summed E-state index contributed by atoms with van der Waals surface area (Å²) in [6.45, 7) is 3.97. The summed E-state index contributed by atoms with van der Waals surface area (Å²) in [4.78, 5) is 0. The van der Waals surface area contributed by atoms with Gasteiger partial charge in [-0.1, -0.05) is 6.07 Å². The maximum Gasteiger partial charge on any atom is 0.203 e. The van der Waals surface area contributed by atoms with Gasteiger partial charge >= 0.3 is 0 Å². The second kappa shape index (κ2) is 3.72. The van der Waals surface area contributed by atoms with Gasteiger partial charge in [-0.15, -0.1) is 0 Å². The Morgan fingerprint density at radius 2 is 1.67 bits per heavy atom. The van der Waals surface area contributed by atoms with Gasteiger partial charge in [0.15, 0.2) is 0 Å². The van der Waals surface area contributed by atoms with E-state index < -0.39 is 11.1 Å². The Labute approximate surface area is 75.2 Å². The van der Waals surface area contributed by atoms with Crippen LogP contribution in [0.2, 0.25) is 0 Å². The molecule has 0 aliphatic rings. The molecule has 0 spiro atoms. The molecule has 1 atom stereocenters. The smallest absolute Gasteiger partial charge is 0.203 e. The second-order valence-electron chi connectivity index (χ2n) is 2.81. The molecular formula is C9H12O2S. The summed E-state index contributed by atoms with van der Waals surface area (Å²) < 4.78 is 15.8. The molecule has 0 saturated carbocycles. The molecule has 0 aromatic heterocycles. The van der Waals surface area contributed by atoms with E-state index in [2.05, 4.69) is 0 Å². The monoisotopic (exact) mass is 184 g/mol. The van der Waals surface area contributed by atoms with E-state index in [1.165, 1.54) is 6.26 Å². The summed E-state index contributed by atoms with van der Waals surface area (Å²) in [5.41, 5.74) is 2.24. The predicted octanol–water partition coefficient (Wildman–Crippen LogP) is 1.98. The number of hydrogen-bond donors (Lipinski definition) is 0. The van der Waals surface area contributed by atoms with Crippen molar-refractivity contribution in [2.24, 2.45) is 0 Å². The van der Waals surface area contributed by atoms with Crippen LogP contribution in [0.25, 0.3) is 0 Å². The van der Waals surface area contributed by atoms with Crippen LogP contribution in [0.4, 0.5) is 0 Å². The van der Waals surface area contributed by atoms with Crippen LogP contribution < -0.4 is 4.18 Å². The van der Waals surface area contributed by atoms with Crippen molar-refractivity contribution in [1.82, 2.24) is 0 Å². The highest BCUT2D eigenvalue weighted by Gasteiger charge is 1.98. The van der Waals surface area contributed by atoms with E-state index in [0.717, 1.165) is 11.1 Å². The highest BCUT2D eigenvalue weighted by atomic mass is 32.2. The Morgan fingerprint density at radius 3 is 2.08 bits per heavy atom. The highest BCUT2D eigenvalue weighted by molar-refractivity contribution is 7.79. The van der Waals surface area contributed by atoms with Crippen molar-refractivity contribution in [3.8, 4) is 5.75 Å². The third kappa shape index (κ3) is 2.66. The lowest BCUT2D eigenvalue weighted by atomic mass is 10.1. The van der Waals surface area contributed by atoms with Crippen molar-refractivity contribution in [2.45, 2.75) is 13.8 Å². The Balaban J connectivity index is 2.93. The zero-order chi connectivity index (χ0) is 9.14. The quantitative estimate of drug-likeness (QED) is 0.702. The van der Waals surface area contributed by atoms with Gasteiger partial charge in [-0.2, -0.15) is 0 Å². The van der Waals surface area contributed by atoms with E-state index in [-0.39, 0.29) is 0 Å². The van der Waals surface area contributed by atoms with Gasteiger partial charge in [0.25, 0.3) is 0 Å². The molecule has 1 aromatic carbocycles. The lowest BCUT2D eigenvalue weighted by Crippen LogP contribution is -1.96. The lowest BCUT2D eigenvalue weighted by Gasteiger charge is -2.03. The van der Waals surface area contributed by atoms with E-state index in [4.69, 9.17) is 4.18 Å². The van der Waals surface area contributed by atoms with Gasteiger partial charge < -0.3 is 4.18 Å². The minimum absolute atomic E-state index is 0.674. The maximum atomic E-state index is 10.7. The third-order valence-corrected chi connectivity index (χ3v) is 1.84. The molecule has 3 heteroatoms. The average molecular weight is 184 g/mol. The Kier molecular flexibility index (Phi) is 2.87. The normalized spacial score (nSPS) is 12.6. The zero-order valence-corrected chi connectivity index (χ0v) is 8.27. The van der Waals surface area contributed by atoms with Crippen LogP contribution in [0.15, 0.2) is 18.2 Å². The largest absolute Gasteiger partial charge is 0.401 e. The van der Waals surface area contributed by atoms with E-state index in [1.54, 1.807) is 0 Å². The van der Waals surface area contributed by atoms with Crippen molar-refractivity contribution in [2.75, 3.05) is 6.26 Å². The van der Waals surface area contributed by atoms with Gasteiger partial charge in [0, 0.05) is 6.26 Å². The predicted molar refractivity (Wildman–Crippen MR) is 50.6 cm³/mol. The first kappa shape index (κ1) is 9.26. The van der Waals surface area contributed by atoms with Crippen LogP contribution >= 0.6 is 0 Å². The van der Waals surface area contributed by atoms with Crippen molar-refractivity contribution >= 4 is 11.1 Å². The van der Waals surface area contributed by atoms with E-state index >= 15 is 0 Å². The van der Waals surface area contributed by atoms with E-state index in [9.17, 15) is 4.21 Å². The summed E-state index contributed by atoms with van der Waals surface area (Å²) in [6, 6.07) is 5.79. The van der Waals surface area contributed by atoms with E-state index in [0.29, 0.717) is 5.75 Å². The summed E-state index contributed by atoms with van der Waals surface area (Å²) >= 11 is -1.23. The van der Waals surface area contributed by atoms with Gasteiger partial charge in [0.05, 0.1) is 0 Å². The molecule has 1 rings (SSSR count). The fourth-order valence-corrected chi connectivity index (χ4v) is 1.48. The molecule has 0 amide bonds. The van der Waals surface area contributed by atoms with Gasteiger partial charge in [-0.3, -0.25) is 0 Å². The first-order valence-corrected chi connectivity index (χ1v) is 5.16. The first-order chi connectivity index (χ1) is 5.58. The van der Waals surface area contributed by atoms with Gasteiger partial charge in [-0.25, -0.2) is 4.21 Å². The summed E-state index contributed by atoms with van der Waals surface area (Å²) in [7, 11) is 0. The molecule has 12 heavy (non-hydrogen) atoms. The fraction of sp³-hybridized carbons (Fsp3) is 0.333. The maximum absolute atomic E-state index is 10.7.